The quantitative estimate of drug-likeness (QED) is 0.921. The molecule has 0 bridgehead atoms. The number of morpholine rings is 1. The lowest BCUT2D eigenvalue weighted by Gasteiger charge is -2.29. The summed E-state index contributed by atoms with van der Waals surface area (Å²) >= 11 is 0. The number of hydrogen-bond acceptors (Lipinski definition) is 3. The summed E-state index contributed by atoms with van der Waals surface area (Å²) in [6.07, 6.45) is 3.24. The first-order valence-electron chi connectivity index (χ1n) is 8.07. The predicted molar refractivity (Wildman–Crippen MR) is 82.1 cm³/mol. The van der Waals surface area contributed by atoms with E-state index in [1.807, 2.05) is 11.0 Å². The van der Waals surface area contributed by atoms with E-state index in [0.29, 0.717) is 13.0 Å². The molecule has 0 aliphatic carbocycles. The number of benzene rings is 1. The van der Waals surface area contributed by atoms with Crippen molar-refractivity contribution in [1.82, 2.24) is 10.2 Å². The molecule has 1 N–H and O–H groups in total. The standard InChI is InChI=1S/C17H23FN2O2/c18-14-4-1-3-13(9-14)10-16-5-2-7-20(16)17(21)11-15-12-22-8-6-19-15/h1,3-4,9,15-16,19H,2,5-8,10-12H2. The van der Waals surface area contributed by atoms with Crippen LogP contribution < -0.4 is 5.32 Å². The van der Waals surface area contributed by atoms with E-state index in [2.05, 4.69) is 5.32 Å². The van der Waals surface area contributed by atoms with Gasteiger partial charge < -0.3 is 15.0 Å². The maximum atomic E-state index is 13.3. The molecule has 1 aromatic carbocycles. The minimum absolute atomic E-state index is 0.122. The molecule has 2 fully saturated rings. The summed E-state index contributed by atoms with van der Waals surface area (Å²) in [6, 6.07) is 7.00. The maximum absolute atomic E-state index is 13.3. The number of carbonyl (C=O) groups excluding carboxylic acids is 1. The van der Waals surface area contributed by atoms with Crippen LogP contribution in [-0.4, -0.2) is 49.2 Å². The van der Waals surface area contributed by atoms with Crippen molar-refractivity contribution in [3.63, 3.8) is 0 Å². The van der Waals surface area contributed by atoms with Gasteiger partial charge in [-0.15, -0.1) is 0 Å². The molecule has 2 heterocycles. The van der Waals surface area contributed by atoms with Crippen LogP contribution in [0.4, 0.5) is 4.39 Å². The van der Waals surface area contributed by atoms with Crippen molar-refractivity contribution >= 4 is 5.91 Å². The molecule has 1 aromatic rings. The number of nitrogens with zero attached hydrogens (tertiary/aromatic N) is 1. The van der Waals surface area contributed by atoms with Gasteiger partial charge in [-0.2, -0.15) is 0 Å². The van der Waals surface area contributed by atoms with E-state index in [1.165, 1.54) is 6.07 Å². The number of likely N-dealkylation sites (tertiary alicyclic amines) is 1. The monoisotopic (exact) mass is 306 g/mol. The van der Waals surface area contributed by atoms with Crippen molar-refractivity contribution < 1.29 is 13.9 Å². The molecule has 22 heavy (non-hydrogen) atoms. The van der Waals surface area contributed by atoms with Gasteiger partial charge in [-0.05, 0) is 37.0 Å². The lowest BCUT2D eigenvalue weighted by Crippen LogP contribution is -2.46. The van der Waals surface area contributed by atoms with Gasteiger partial charge in [0, 0.05) is 31.6 Å². The van der Waals surface area contributed by atoms with Gasteiger partial charge in [0.05, 0.1) is 13.2 Å². The second-order valence-electron chi connectivity index (χ2n) is 6.15. The molecule has 0 spiro atoms. The number of rotatable bonds is 4. The van der Waals surface area contributed by atoms with Crippen LogP contribution in [0.2, 0.25) is 0 Å². The topological polar surface area (TPSA) is 41.6 Å². The van der Waals surface area contributed by atoms with E-state index in [9.17, 15) is 9.18 Å². The summed E-state index contributed by atoms with van der Waals surface area (Å²) in [7, 11) is 0. The van der Waals surface area contributed by atoms with Crippen LogP contribution in [0.15, 0.2) is 24.3 Å². The zero-order valence-corrected chi connectivity index (χ0v) is 12.8. The average Bonchev–Trinajstić information content (AvgIpc) is 2.96. The minimum Gasteiger partial charge on any atom is -0.378 e. The third-order valence-electron chi connectivity index (χ3n) is 4.48. The molecule has 2 saturated heterocycles. The predicted octanol–water partition coefficient (Wildman–Crippen LogP) is 1.74. The Hall–Kier alpha value is -1.46. The van der Waals surface area contributed by atoms with Crippen LogP contribution in [0, 0.1) is 5.82 Å². The van der Waals surface area contributed by atoms with Crippen LogP contribution in [0.3, 0.4) is 0 Å². The van der Waals surface area contributed by atoms with Gasteiger partial charge in [-0.25, -0.2) is 4.39 Å². The normalized spacial score (nSPS) is 25.4. The molecule has 4 nitrogen and oxygen atoms in total. The van der Waals surface area contributed by atoms with E-state index in [-0.39, 0.29) is 23.8 Å². The first-order valence-corrected chi connectivity index (χ1v) is 8.07. The Morgan fingerprint density at radius 3 is 3.14 bits per heavy atom. The van der Waals surface area contributed by atoms with E-state index in [0.717, 1.165) is 44.5 Å². The molecule has 0 aromatic heterocycles. The molecule has 0 saturated carbocycles. The summed E-state index contributed by atoms with van der Waals surface area (Å²) < 4.78 is 18.7. The smallest absolute Gasteiger partial charge is 0.224 e. The van der Waals surface area contributed by atoms with Gasteiger partial charge >= 0.3 is 0 Å². The molecule has 2 atom stereocenters. The molecular weight excluding hydrogens is 283 g/mol. The van der Waals surface area contributed by atoms with Gasteiger partial charge in [0.1, 0.15) is 5.82 Å². The van der Waals surface area contributed by atoms with Crippen LogP contribution in [-0.2, 0) is 16.0 Å². The average molecular weight is 306 g/mol. The Bertz CT molecular complexity index is 517. The first kappa shape index (κ1) is 15.4. The van der Waals surface area contributed by atoms with Gasteiger partial charge in [0.25, 0.3) is 0 Å². The van der Waals surface area contributed by atoms with Crippen LogP contribution in [0.5, 0.6) is 0 Å². The number of halogens is 1. The van der Waals surface area contributed by atoms with Crippen LogP contribution in [0.1, 0.15) is 24.8 Å². The highest BCUT2D eigenvalue weighted by Crippen LogP contribution is 2.23. The zero-order chi connectivity index (χ0) is 15.4. The summed E-state index contributed by atoms with van der Waals surface area (Å²) in [4.78, 5) is 14.5. The van der Waals surface area contributed by atoms with Gasteiger partial charge in [-0.3, -0.25) is 4.79 Å². The van der Waals surface area contributed by atoms with Crippen LogP contribution >= 0.6 is 0 Å². The Morgan fingerprint density at radius 2 is 2.36 bits per heavy atom. The third kappa shape index (κ3) is 3.84. The molecule has 120 valence electrons. The van der Waals surface area contributed by atoms with Gasteiger partial charge in [-0.1, -0.05) is 12.1 Å². The molecular formula is C17H23FN2O2. The third-order valence-corrected chi connectivity index (χ3v) is 4.48. The van der Waals surface area contributed by atoms with Gasteiger partial charge in [0.2, 0.25) is 5.91 Å². The van der Waals surface area contributed by atoms with Crippen LogP contribution in [0.25, 0.3) is 0 Å². The lowest BCUT2D eigenvalue weighted by molar-refractivity contribution is -0.133. The fourth-order valence-corrected chi connectivity index (χ4v) is 3.39. The van der Waals surface area contributed by atoms with E-state index in [1.54, 1.807) is 12.1 Å². The SMILES string of the molecule is O=C(CC1COCCN1)N1CCCC1Cc1cccc(F)c1. The maximum Gasteiger partial charge on any atom is 0.224 e. The Kier molecular flexibility index (Phi) is 5.05. The summed E-state index contributed by atoms with van der Waals surface area (Å²) in [5.41, 5.74) is 0.962. The van der Waals surface area contributed by atoms with Crippen molar-refractivity contribution in [2.24, 2.45) is 0 Å². The summed E-state index contributed by atoms with van der Waals surface area (Å²) in [6.45, 7) is 2.95. The van der Waals surface area contributed by atoms with E-state index < -0.39 is 0 Å². The number of carbonyl (C=O) groups is 1. The Balaban J connectivity index is 1.58. The molecule has 5 heteroatoms. The Morgan fingerprint density at radius 1 is 1.45 bits per heavy atom. The summed E-state index contributed by atoms with van der Waals surface area (Å²) in [5.74, 6) is -0.0289. The second-order valence-corrected chi connectivity index (χ2v) is 6.15. The Labute approximate surface area is 130 Å². The van der Waals surface area contributed by atoms with E-state index in [4.69, 9.17) is 4.74 Å². The first-order chi connectivity index (χ1) is 10.7. The number of amides is 1. The van der Waals surface area contributed by atoms with Gasteiger partial charge in [0.15, 0.2) is 0 Å². The van der Waals surface area contributed by atoms with Crippen molar-refractivity contribution in [3.05, 3.63) is 35.6 Å². The highest BCUT2D eigenvalue weighted by molar-refractivity contribution is 5.77. The molecule has 2 unspecified atom stereocenters. The number of ether oxygens (including phenoxy) is 1. The second kappa shape index (κ2) is 7.20. The fourth-order valence-electron chi connectivity index (χ4n) is 3.39. The minimum atomic E-state index is -0.211. The van der Waals surface area contributed by atoms with Crippen molar-refractivity contribution in [2.75, 3.05) is 26.3 Å². The molecule has 1 amide bonds. The van der Waals surface area contributed by atoms with Crippen molar-refractivity contribution in [1.29, 1.82) is 0 Å². The van der Waals surface area contributed by atoms with Crippen molar-refractivity contribution in [3.8, 4) is 0 Å². The zero-order valence-electron chi connectivity index (χ0n) is 12.8. The van der Waals surface area contributed by atoms with Crippen molar-refractivity contribution in [2.45, 2.75) is 37.8 Å². The number of nitrogens with one attached hydrogen (secondary N) is 1. The largest absolute Gasteiger partial charge is 0.378 e. The molecule has 3 rings (SSSR count). The molecule has 2 aliphatic rings. The lowest BCUT2D eigenvalue weighted by atomic mass is 10.0. The van der Waals surface area contributed by atoms with E-state index >= 15 is 0 Å². The molecule has 0 radical (unpaired) electrons. The molecule has 2 aliphatic heterocycles. The fraction of sp³-hybridized carbons (Fsp3) is 0.588. The highest BCUT2D eigenvalue weighted by atomic mass is 19.1. The summed E-state index contributed by atoms with van der Waals surface area (Å²) in [5, 5.41) is 3.32. The highest BCUT2D eigenvalue weighted by Gasteiger charge is 2.30. The number of hydrogen-bond donors (Lipinski definition) is 1.